The molecule has 126 valence electrons. The maximum atomic E-state index is 11.8. The molecule has 0 aliphatic heterocycles. The molecule has 0 saturated carbocycles. The van der Waals surface area contributed by atoms with E-state index in [2.05, 4.69) is 23.1 Å². The second-order valence-electron chi connectivity index (χ2n) is 4.72. The van der Waals surface area contributed by atoms with Crippen LogP contribution >= 0.6 is 23.6 Å². The fraction of sp³-hybridized carbons (Fsp3) is 0.188. The molecule has 3 N–H and O–H groups in total. The molecular weight excluding hydrogens is 346 g/mol. The number of thiophene rings is 1. The van der Waals surface area contributed by atoms with Gasteiger partial charge in [-0.15, -0.1) is 11.3 Å². The average molecular weight is 363 g/mol. The van der Waals surface area contributed by atoms with E-state index >= 15 is 0 Å². The lowest BCUT2D eigenvalue weighted by Crippen LogP contribution is -2.49. The van der Waals surface area contributed by atoms with Gasteiger partial charge in [-0.2, -0.15) is 0 Å². The fourth-order valence-corrected chi connectivity index (χ4v) is 2.50. The molecule has 24 heavy (non-hydrogen) atoms. The Hall–Kier alpha value is -2.45. The van der Waals surface area contributed by atoms with Crippen LogP contribution in [0.15, 0.2) is 41.8 Å². The first kappa shape index (κ1) is 17.9. The molecule has 0 atom stereocenters. The molecule has 0 unspecified atom stereocenters. The van der Waals surface area contributed by atoms with Gasteiger partial charge in [0.2, 0.25) is 0 Å². The van der Waals surface area contributed by atoms with Gasteiger partial charge in [-0.1, -0.05) is 25.1 Å². The van der Waals surface area contributed by atoms with Gasteiger partial charge in [0.25, 0.3) is 11.8 Å². The molecule has 0 radical (unpaired) electrons. The Labute approximate surface area is 149 Å². The van der Waals surface area contributed by atoms with Gasteiger partial charge >= 0.3 is 0 Å². The van der Waals surface area contributed by atoms with Crippen molar-refractivity contribution in [3.05, 3.63) is 52.2 Å². The van der Waals surface area contributed by atoms with Crippen LogP contribution in [0, 0.1) is 0 Å². The summed E-state index contributed by atoms with van der Waals surface area (Å²) in [5.74, 6) is -0.137. The summed E-state index contributed by atoms with van der Waals surface area (Å²) in [4.78, 5) is 24.0. The lowest BCUT2D eigenvalue weighted by molar-refractivity contribution is -0.123. The number of hydrazine groups is 1. The van der Waals surface area contributed by atoms with Crippen molar-refractivity contribution >= 4 is 40.5 Å². The summed E-state index contributed by atoms with van der Waals surface area (Å²) in [7, 11) is 0. The predicted molar refractivity (Wildman–Crippen MR) is 97.0 cm³/mol. The smallest absolute Gasteiger partial charge is 0.276 e. The molecule has 0 bridgehead atoms. The summed E-state index contributed by atoms with van der Waals surface area (Å²) in [6.07, 6.45) is 0.944. The summed E-state index contributed by atoms with van der Waals surface area (Å²) in [5, 5.41) is 4.26. The van der Waals surface area contributed by atoms with Crippen LogP contribution in [-0.4, -0.2) is 23.5 Å². The van der Waals surface area contributed by atoms with Crippen molar-refractivity contribution in [1.82, 2.24) is 16.2 Å². The molecule has 2 aromatic rings. The van der Waals surface area contributed by atoms with Gasteiger partial charge in [0.1, 0.15) is 5.75 Å². The molecule has 0 spiro atoms. The summed E-state index contributed by atoms with van der Waals surface area (Å²) in [6, 6.07) is 11.0. The third-order valence-electron chi connectivity index (χ3n) is 2.99. The quantitative estimate of drug-likeness (QED) is 0.560. The molecule has 2 rings (SSSR count). The Kier molecular flexibility index (Phi) is 6.71. The van der Waals surface area contributed by atoms with Crippen LogP contribution in [0.2, 0.25) is 0 Å². The maximum absolute atomic E-state index is 11.8. The lowest BCUT2D eigenvalue weighted by Gasteiger charge is -2.11. The first-order valence-electron chi connectivity index (χ1n) is 7.24. The SMILES string of the molecule is CCc1ccc(OCC(=O)NNC(=S)NC(=O)c2cccs2)cc1. The zero-order chi connectivity index (χ0) is 17.4. The Balaban J connectivity index is 1.68. The van der Waals surface area contributed by atoms with E-state index in [0.29, 0.717) is 10.6 Å². The number of benzene rings is 1. The highest BCUT2D eigenvalue weighted by molar-refractivity contribution is 7.80. The van der Waals surface area contributed by atoms with Crippen LogP contribution in [0.3, 0.4) is 0 Å². The van der Waals surface area contributed by atoms with Crippen LogP contribution in [-0.2, 0) is 11.2 Å². The largest absolute Gasteiger partial charge is 0.484 e. The third-order valence-corrected chi connectivity index (χ3v) is 4.06. The van der Waals surface area contributed by atoms with Crippen molar-refractivity contribution < 1.29 is 14.3 Å². The van der Waals surface area contributed by atoms with Gasteiger partial charge in [-0.25, -0.2) is 0 Å². The van der Waals surface area contributed by atoms with E-state index in [9.17, 15) is 9.59 Å². The van der Waals surface area contributed by atoms with Crippen molar-refractivity contribution in [2.24, 2.45) is 0 Å². The number of carbonyl (C=O) groups excluding carboxylic acids is 2. The summed E-state index contributed by atoms with van der Waals surface area (Å²) in [6.45, 7) is 1.90. The number of hydrogen-bond donors (Lipinski definition) is 3. The standard InChI is InChI=1S/C16H17N3O3S2/c1-2-11-5-7-12(8-6-11)22-10-14(20)18-19-16(23)17-15(21)13-4-3-9-24-13/h3-9H,2,10H2,1H3,(H,18,20)(H2,17,19,21,23). The zero-order valence-corrected chi connectivity index (χ0v) is 14.6. The summed E-state index contributed by atoms with van der Waals surface area (Å²) in [5.41, 5.74) is 6.01. The van der Waals surface area contributed by atoms with Gasteiger partial charge in [-0.3, -0.25) is 25.8 Å². The van der Waals surface area contributed by atoms with Crippen LogP contribution in [0.4, 0.5) is 0 Å². The Bertz CT molecular complexity index is 700. The van der Waals surface area contributed by atoms with Crippen LogP contribution in [0.5, 0.6) is 5.75 Å². The molecule has 1 aromatic carbocycles. The number of rotatable bonds is 5. The average Bonchev–Trinajstić information content (AvgIpc) is 3.13. The van der Waals surface area contributed by atoms with Gasteiger partial charge in [-0.05, 0) is 47.8 Å². The number of thiocarbonyl (C=S) groups is 1. The molecule has 0 aliphatic rings. The predicted octanol–water partition coefficient (Wildman–Crippen LogP) is 2.02. The number of nitrogens with one attached hydrogen (secondary N) is 3. The molecule has 0 fully saturated rings. The fourth-order valence-electron chi connectivity index (χ4n) is 1.74. The van der Waals surface area contributed by atoms with Crippen LogP contribution in [0.25, 0.3) is 0 Å². The van der Waals surface area contributed by atoms with E-state index in [1.54, 1.807) is 17.5 Å². The first-order chi connectivity index (χ1) is 11.6. The molecule has 1 heterocycles. The van der Waals surface area contributed by atoms with E-state index in [0.717, 1.165) is 6.42 Å². The molecule has 0 aliphatic carbocycles. The minimum Gasteiger partial charge on any atom is -0.484 e. The van der Waals surface area contributed by atoms with Gasteiger partial charge in [0, 0.05) is 0 Å². The van der Waals surface area contributed by atoms with E-state index < -0.39 is 5.91 Å². The number of ether oxygens (including phenoxy) is 1. The van der Waals surface area contributed by atoms with Crippen molar-refractivity contribution in [1.29, 1.82) is 0 Å². The molecule has 0 saturated heterocycles. The maximum Gasteiger partial charge on any atom is 0.276 e. The zero-order valence-electron chi connectivity index (χ0n) is 13.0. The van der Waals surface area contributed by atoms with E-state index in [4.69, 9.17) is 17.0 Å². The second kappa shape index (κ2) is 8.99. The van der Waals surface area contributed by atoms with Gasteiger partial charge < -0.3 is 4.74 Å². The highest BCUT2D eigenvalue weighted by atomic mass is 32.1. The topological polar surface area (TPSA) is 79.5 Å². The minimum absolute atomic E-state index is 0.00838. The normalized spacial score (nSPS) is 9.88. The number of hydrogen-bond acceptors (Lipinski definition) is 5. The van der Waals surface area contributed by atoms with E-state index in [-0.39, 0.29) is 17.6 Å². The Morgan fingerprint density at radius 3 is 2.54 bits per heavy atom. The third kappa shape index (κ3) is 5.64. The molecule has 6 nitrogen and oxygen atoms in total. The highest BCUT2D eigenvalue weighted by Crippen LogP contribution is 2.12. The molecule has 8 heteroatoms. The monoisotopic (exact) mass is 363 g/mol. The van der Waals surface area contributed by atoms with Crippen LogP contribution < -0.4 is 20.9 Å². The number of aryl methyl sites for hydroxylation is 1. The number of carbonyl (C=O) groups is 2. The lowest BCUT2D eigenvalue weighted by atomic mass is 10.2. The van der Waals surface area contributed by atoms with Crippen molar-refractivity contribution in [2.75, 3.05) is 6.61 Å². The van der Waals surface area contributed by atoms with E-state index in [1.165, 1.54) is 16.9 Å². The van der Waals surface area contributed by atoms with Gasteiger partial charge in [0.15, 0.2) is 11.7 Å². The molecule has 1 aromatic heterocycles. The Morgan fingerprint density at radius 2 is 1.92 bits per heavy atom. The van der Waals surface area contributed by atoms with Gasteiger partial charge in [0.05, 0.1) is 4.88 Å². The van der Waals surface area contributed by atoms with Crippen molar-refractivity contribution in [2.45, 2.75) is 13.3 Å². The van der Waals surface area contributed by atoms with Crippen molar-refractivity contribution in [3.63, 3.8) is 0 Å². The number of amides is 2. The Morgan fingerprint density at radius 1 is 1.17 bits per heavy atom. The van der Waals surface area contributed by atoms with Crippen LogP contribution in [0.1, 0.15) is 22.2 Å². The first-order valence-corrected chi connectivity index (χ1v) is 8.52. The molecular formula is C16H17N3O3S2. The second-order valence-corrected chi connectivity index (χ2v) is 6.08. The summed E-state index contributed by atoms with van der Waals surface area (Å²) < 4.78 is 5.36. The van der Waals surface area contributed by atoms with Crippen molar-refractivity contribution in [3.8, 4) is 5.75 Å². The molecule has 2 amide bonds. The highest BCUT2D eigenvalue weighted by Gasteiger charge is 2.09. The summed E-state index contributed by atoms with van der Waals surface area (Å²) >= 11 is 6.23. The van der Waals surface area contributed by atoms with E-state index in [1.807, 2.05) is 24.3 Å². The minimum atomic E-state index is -0.415.